The largest absolute Gasteiger partial charge is 0.481 e. The lowest BCUT2D eigenvalue weighted by molar-refractivity contribution is -0.186. The fraction of sp³-hybridized carbons (Fsp3) is 0.400. The molecule has 42 heavy (non-hydrogen) atoms. The van der Waals surface area contributed by atoms with E-state index in [0.29, 0.717) is 37.9 Å². The van der Waals surface area contributed by atoms with Crippen LogP contribution in [-0.4, -0.2) is 57.0 Å². The highest BCUT2D eigenvalue weighted by molar-refractivity contribution is 5.93. The average molecular weight is 571 g/mol. The molecule has 0 spiro atoms. The standard InChI is InChI=1S/C35H38O7/c1-34(2,32-37-19-20-38-32)30(41-27-17-9-13-23-11-5-7-15-25(23)27)29(36)31(35(3,4)33-39-21-22-40-33)42-28-18-10-14-24-12-6-8-16-26(24)28/h5-18,30-33H,19-22H2,1-4H3. The first-order valence-corrected chi connectivity index (χ1v) is 14.6. The number of carbonyl (C=O) groups excluding carboxylic acids is 1. The summed E-state index contributed by atoms with van der Waals surface area (Å²) < 4.78 is 37.4. The van der Waals surface area contributed by atoms with E-state index in [-0.39, 0.29) is 5.78 Å². The zero-order valence-electron chi connectivity index (χ0n) is 24.6. The van der Waals surface area contributed by atoms with Crippen molar-refractivity contribution in [2.75, 3.05) is 26.4 Å². The van der Waals surface area contributed by atoms with Gasteiger partial charge in [0.2, 0.25) is 5.78 Å². The van der Waals surface area contributed by atoms with Gasteiger partial charge in [0.05, 0.1) is 37.3 Å². The van der Waals surface area contributed by atoms with Crippen LogP contribution in [0.5, 0.6) is 11.5 Å². The van der Waals surface area contributed by atoms with Crippen LogP contribution in [-0.2, 0) is 23.7 Å². The molecule has 2 unspecified atom stereocenters. The van der Waals surface area contributed by atoms with Crippen LogP contribution in [0.15, 0.2) is 84.9 Å². The van der Waals surface area contributed by atoms with E-state index < -0.39 is 35.6 Å². The molecular weight excluding hydrogens is 532 g/mol. The Hall–Kier alpha value is -3.49. The maximum atomic E-state index is 15.1. The van der Waals surface area contributed by atoms with E-state index >= 15 is 4.79 Å². The fourth-order valence-corrected chi connectivity index (χ4v) is 5.96. The molecule has 0 amide bonds. The quantitative estimate of drug-likeness (QED) is 0.214. The number of carbonyl (C=O) groups is 1. The van der Waals surface area contributed by atoms with Gasteiger partial charge in [-0.15, -0.1) is 0 Å². The second-order valence-corrected chi connectivity index (χ2v) is 12.1. The van der Waals surface area contributed by atoms with Gasteiger partial charge in [-0.1, -0.05) is 100 Å². The Balaban J connectivity index is 1.45. The van der Waals surface area contributed by atoms with Gasteiger partial charge in [0, 0.05) is 10.8 Å². The Labute approximate surface area is 246 Å². The Morgan fingerprint density at radius 3 is 1.36 bits per heavy atom. The molecule has 4 aromatic rings. The monoisotopic (exact) mass is 570 g/mol. The molecule has 2 heterocycles. The lowest BCUT2D eigenvalue weighted by Gasteiger charge is -2.42. The van der Waals surface area contributed by atoms with E-state index in [1.54, 1.807) is 0 Å². The maximum Gasteiger partial charge on any atom is 0.215 e. The minimum absolute atomic E-state index is 0.246. The number of hydrogen-bond donors (Lipinski definition) is 0. The van der Waals surface area contributed by atoms with E-state index in [4.69, 9.17) is 28.4 Å². The highest BCUT2D eigenvalue weighted by Crippen LogP contribution is 2.42. The Bertz CT molecular complexity index is 1420. The molecule has 0 radical (unpaired) electrons. The second kappa shape index (κ2) is 11.7. The van der Waals surface area contributed by atoms with Crippen molar-refractivity contribution >= 4 is 27.3 Å². The Kier molecular flexibility index (Phi) is 7.94. The number of ether oxygens (including phenoxy) is 6. The summed E-state index contributed by atoms with van der Waals surface area (Å²) >= 11 is 0. The van der Waals surface area contributed by atoms with Gasteiger partial charge in [0.15, 0.2) is 24.8 Å². The number of Topliss-reactive ketones (excluding diaryl/α,β-unsaturated/α-hetero) is 1. The van der Waals surface area contributed by atoms with Crippen LogP contribution < -0.4 is 9.47 Å². The predicted octanol–water partition coefficient (Wildman–Crippen LogP) is 6.56. The molecule has 0 aliphatic carbocycles. The molecule has 2 atom stereocenters. The van der Waals surface area contributed by atoms with Crippen LogP contribution in [0.1, 0.15) is 27.7 Å². The summed E-state index contributed by atoms with van der Waals surface area (Å²) in [5.74, 6) is 0.962. The molecule has 0 bridgehead atoms. The van der Waals surface area contributed by atoms with E-state index in [0.717, 1.165) is 21.5 Å². The maximum absolute atomic E-state index is 15.1. The van der Waals surface area contributed by atoms with Gasteiger partial charge in [-0.3, -0.25) is 4.79 Å². The third-order valence-electron chi connectivity index (χ3n) is 8.32. The number of benzene rings is 4. The van der Waals surface area contributed by atoms with Gasteiger partial charge in [-0.05, 0) is 22.9 Å². The van der Waals surface area contributed by atoms with Crippen molar-refractivity contribution in [3.63, 3.8) is 0 Å². The van der Waals surface area contributed by atoms with E-state index in [1.165, 1.54) is 0 Å². The third kappa shape index (κ3) is 5.38. The van der Waals surface area contributed by atoms with Gasteiger partial charge < -0.3 is 28.4 Å². The molecule has 6 rings (SSSR count). The molecular formula is C35H38O7. The van der Waals surface area contributed by atoms with Gasteiger partial charge in [-0.2, -0.15) is 0 Å². The zero-order valence-corrected chi connectivity index (χ0v) is 24.6. The lowest BCUT2D eigenvalue weighted by atomic mass is 9.75. The summed E-state index contributed by atoms with van der Waals surface area (Å²) in [5, 5.41) is 3.86. The van der Waals surface area contributed by atoms with Crippen molar-refractivity contribution in [2.45, 2.75) is 52.5 Å². The van der Waals surface area contributed by atoms with Crippen LogP contribution in [0.25, 0.3) is 21.5 Å². The first kappa shape index (κ1) is 28.6. The van der Waals surface area contributed by atoms with E-state index in [9.17, 15) is 0 Å². The highest BCUT2D eigenvalue weighted by atomic mass is 16.7. The highest BCUT2D eigenvalue weighted by Gasteiger charge is 2.54. The van der Waals surface area contributed by atoms with Crippen LogP contribution in [0.3, 0.4) is 0 Å². The van der Waals surface area contributed by atoms with Crippen LogP contribution in [0.2, 0.25) is 0 Å². The molecule has 7 nitrogen and oxygen atoms in total. The van der Waals surface area contributed by atoms with Crippen LogP contribution in [0, 0.1) is 10.8 Å². The third-order valence-corrected chi connectivity index (χ3v) is 8.32. The van der Waals surface area contributed by atoms with Crippen molar-refractivity contribution in [2.24, 2.45) is 10.8 Å². The Morgan fingerprint density at radius 2 is 0.952 bits per heavy atom. The number of rotatable bonds is 10. The van der Waals surface area contributed by atoms with Crippen molar-refractivity contribution in [1.29, 1.82) is 0 Å². The molecule has 0 saturated carbocycles. The summed E-state index contributed by atoms with van der Waals surface area (Å²) in [7, 11) is 0. The van der Waals surface area contributed by atoms with E-state index in [1.807, 2.05) is 113 Å². The molecule has 7 heteroatoms. The summed E-state index contributed by atoms with van der Waals surface area (Å²) in [5.41, 5.74) is -1.75. The summed E-state index contributed by atoms with van der Waals surface area (Å²) in [6.07, 6.45) is -3.26. The van der Waals surface area contributed by atoms with Crippen molar-refractivity contribution in [1.82, 2.24) is 0 Å². The molecule has 2 fully saturated rings. The first-order chi connectivity index (χ1) is 20.3. The molecule has 220 valence electrons. The van der Waals surface area contributed by atoms with Gasteiger partial charge in [0.1, 0.15) is 11.5 Å². The van der Waals surface area contributed by atoms with Crippen LogP contribution >= 0.6 is 0 Å². The Morgan fingerprint density at radius 1 is 0.595 bits per heavy atom. The number of fused-ring (bicyclic) bond motifs is 2. The molecule has 0 aromatic heterocycles. The molecule has 2 aliphatic rings. The molecule has 0 N–H and O–H groups in total. The van der Waals surface area contributed by atoms with Crippen LogP contribution in [0.4, 0.5) is 0 Å². The van der Waals surface area contributed by atoms with Gasteiger partial charge >= 0.3 is 0 Å². The topological polar surface area (TPSA) is 72.5 Å². The van der Waals surface area contributed by atoms with Crippen molar-refractivity contribution in [3.05, 3.63) is 84.9 Å². The molecule has 2 aliphatic heterocycles. The van der Waals surface area contributed by atoms with Gasteiger partial charge in [-0.25, -0.2) is 0 Å². The van der Waals surface area contributed by atoms with Crippen molar-refractivity contribution in [3.8, 4) is 11.5 Å². The summed E-state index contributed by atoms with van der Waals surface area (Å²) in [6.45, 7) is 9.59. The lowest BCUT2D eigenvalue weighted by Crippen LogP contribution is -2.58. The summed E-state index contributed by atoms with van der Waals surface area (Å²) in [6, 6.07) is 27.6. The minimum atomic E-state index is -0.993. The average Bonchev–Trinajstić information content (AvgIpc) is 3.74. The first-order valence-electron chi connectivity index (χ1n) is 14.6. The predicted molar refractivity (Wildman–Crippen MR) is 161 cm³/mol. The van der Waals surface area contributed by atoms with E-state index in [2.05, 4.69) is 0 Å². The summed E-state index contributed by atoms with van der Waals surface area (Å²) in [4.78, 5) is 15.1. The second-order valence-electron chi connectivity index (χ2n) is 12.1. The smallest absolute Gasteiger partial charge is 0.215 e. The number of ketones is 1. The fourth-order valence-electron chi connectivity index (χ4n) is 5.96. The SMILES string of the molecule is CC(C)(C1OCCO1)C(Oc1cccc2ccccc12)C(=O)C(Oc1cccc2ccccc12)C(C)(C)C1OCCO1. The van der Waals surface area contributed by atoms with Crippen molar-refractivity contribution < 1.29 is 33.2 Å². The molecule has 4 aromatic carbocycles. The minimum Gasteiger partial charge on any atom is -0.481 e. The van der Waals surface area contributed by atoms with Gasteiger partial charge in [0.25, 0.3) is 0 Å². The number of hydrogen-bond acceptors (Lipinski definition) is 7. The zero-order chi connectivity index (χ0) is 29.3. The normalized spacial score (nSPS) is 18.4. The molecule has 2 saturated heterocycles.